The molecule has 1 radical (unpaired) electrons. The van der Waals surface area contributed by atoms with Crippen LogP contribution in [0.2, 0.25) is 0 Å². The molecule has 0 atom stereocenters. The van der Waals surface area contributed by atoms with Gasteiger partial charge in [0.2, 0.25) is 0 Å². The summed E-state index contributed by atoms with van der Waals surface area (Å²) >= 11 is 0. The molecule has 0 fully saturated rings. The predicted octanol–water partition coefficient (Wildman–Crippen LogP) is 3.15. The maximum absolute atomic E-state index is 4.34. The predicted molar refractivity (Wildman–Crippen MR) is 78.7 cm³/mol. The monoisotopic (exact) mass is 348 g/mol. The fourth-order valence-corrected chi connectivity index (χ4v) is 2.23. The van der Waals surface area contributed by atoms with E-state index in [-0.39, 0.29) is 32.7 Å². The Morgan fingerprint density at radius 3 is 2.67 bits per heavy atom. The van der Waals surface area contributed by atoms with Gasteiger partial charge in [0.15, 0.2) is 6.20 Å². The Morgan fingerprint density at radius 1 is 1.10 bits per heavy atom. The molecule has 1 aromatic carbocycles. The van der Waals surface area contributed by atoms with Gasteiger partial charge in [-0.1, -0.05) is 18.6 Å². The Balaban J connectivity index is 0.00000161. The van der Waals surface area contributed by atoms with Crippen molar-refractivity contribution in [2.24, 2.45) is 7.05 Å². The third kappa shape index (κ3) is 3.45. The van der Waals surface area contributed by atoms with E-state index in [0.717, 1.165) is 22.5 Å². The summed E-state index contributed by atoms with van der Waals surface area (Å²) in [7, 11) is 2.04. The van der Waals surface area contributed by atoms with E-state index in [1.165, 1.54) is 5.56 Å². The van der Waals surface area contributed by atoms with Crippen LogP contribution in [0.15, 0.2) is 54.9 Å². The normalized spacial score (nSPS) is 10.0. The summed E-state index contributed by atoms with van der Waals surface area (Å²) in [5, 5.41) is 0. The molecule has 2 heterocycles. The van der Waals surface area contributed by atoms with Gasteiger partial charge in [-0.05, 0) is 12.3 Å². The number of rotatable bonds is 2. The minimum Gasteiger partial charge on any atom is -0.334 e. The van der Waals surface area contributed by atoms with Crippen LogP contribution in [-0.4, -0.2) is 4.98 Å². The van der Waals surface area contributed by atoms with Crippen LogP contribution in [0.25, 0.3) is 22.5 Å². The Bertz CT molecular complexity index is 739. The van der Waals surface area contributed by atoms with Crippen molar-refractivity contribution < 1.29 is 37.3 Å². The van der Waals surface area contributed by atoms with Crippen molar-refractivity contribution >= 4 is 0 Å². The van der Waals surface area contributed by atoms with E-state index in [4.69, 9.17) is 0 Å². The molecule has 0 bridgehead atoms. The first-order valence-electron chi connectivity index (χ1n) is 6.57. The summed E-state index contributed by atoms with van der Waals surface area (Å²) < 4.78 is 2.10. The number of hydrogen-bond donors (Lipinski definition) is 0. The molecular weight excluding hydrogens is 333 g/mol. The zero-order valence-corrected chi connectivity index (χ0v) is 15.0. The van der Waals surface area contributed by atoms with E-state index in [0.29, 0.717) is 0 Å². The topological polar surface area (TPSA) is 16.8 Å². The van der Waals surface area contributed by atoms with E-state index in [2.05, 4.69) is 40.7 Å². The molecule has 0 aliphatic heterocycles. The summed E-state index contributed by atoms with van der Waals surface area (Å²) in [4.78, 5) is 4.34. The number of nitrogens with zero attached hydrogens (tertiary/aromatic N) is 2. The summed E-state index contributed by atoms with van der Waals surface area (Å²) in [6.07, 6.45) is 3.82. The molecule has 0 saturated heterocycles. The molecule has 3 aromatic rings. The Hall–Kier alpha value is -1.38. The summed E-state index contributed by atoms with van der Waals surface area (Å²) in [5.74, 6) is 0. The van der Waals surface area contributed by atoms with Crippen LogP contribution in [0.4, 0.5) is 0 Å². The molecule has 3 rings (SSSR count). The van der Waals surface area contributed by atoms with E-state index >= 15 is 0 Å². The van der Waals surface area contributed by atoms with Crippen LogP contribution < -0.4 is 4.57 Å². The van der Waals surface area contributed by atoms with Gasteiger partial charge in [0.05, 0.1) is 0 Å². The fourth-order valence-electron chi connectivity index (χ4n) is 2.23. The first kappa shape index (κ1) is 16.0. The maximum atomic E-state index is 4.34. The second-order valence-corrected chi connectivity index (χ2v) is 4.76. The van der Waals surface area contributed by atoms with Crippen LogP contribution in [0.5, 0.6) is 0 Å². The van der Waals surface area contributed by atoms with E-state index < -0.39 is 0 Å². The summed E-state index contributed by atoms with van der Waals surface area (Å²) in [6, 6.07) is 20.7. The smallest absolute Gasteiger partial charge is 0.161 e. The van der Waals surface area contributed by atoms with E-state index in [1.807, 2.05) is 43.6 Å². The van der Waals surface area contributed by atoms with E-state index in [1.54, 1.807) is 6.20 Å². The van der Waals surface area contributed by atoms with Gasteiger partial charge in [-0.15, -0.1) is 23.4 Å². The van der Waals surface area contributed by atoms with Crippen LogP contribution in [-0.2, 0) is 39.8 Å². The second kappa shape index (κ2) is 7.06. The van der Waals surface area contributed by atoms with Gasteiger partial charge in [0.25, 0.3) is 0 Å². The first-order valence-corrected chi connectivity index (χ1v) is 6.57. The number of hydrogen-bond acceptors (Lipinski definition) is 1. The number of aromatic nitrogens is 2. The van der Waals surface area contributed by atoms with E-state index in [9.17, 15) is 0 Å². The minimum absolute atomic E-state index is 0. The zero-order valence-electron chi connectivity index (χ0n) is 12.2. The van der Waals surface area contributed by atoms with Gasteiger partial charge in [-0.3, -0.25) is 0 Å². The van der Waals surface area contributed by atoms with Crippen molar-refractivity contribution in [2.45, 2.75) is 6.92 Å². The zero-order chi connectivity index (χ0) is 13.9. The summed E-state index contributed by atoms with van der Waals surface area (Å²) in [5.41, 5.74) is 5.24. The average molecular weight is 348 g/mol. The molecule has 0 unspecified atom stereocenters. The van der Waals surface area contributed by atoms with Crippen molar-refractivity contribution in [2.75, 3.05) is 0 Å². The number of benzene rings is 1. The molecule has 101 valence electrons. The first-order chi connectivity index (χ1) is 9.75. The standard InChI is InChI=1S/C18H15N2.Y/c1-14-9-10-15(17-7-3-5-11-19-17)13-16(14)18-8-4-6-12-20(18)2;/h3-6,8-12H,1-2H3;/q-1;. The molecule has 0 aliphatic rings. The number of aryl methyl sites for hydroxylation is 2. The molecule has 2 aromatic heterocycles. The average Bonchev–Trinajstić information content (AvgIpc) is 2.49. The molecule has 0 spiro atoms. The van der Waals surface area contributed by atoms with Crippen molar-refractivity contribution in [1.29, 1.82) is 0 Å². The molecule has 0 amide bonds. The number of pyridine rings is 2. The molecule has 0 saturated carbocycles. The van der Waals surface area contributed by atoms with Crippen molar-refractivity contribution in [3.05, 3.63) is 72.6 Å². The molecule has 0 N–H and O–H groups in total. The van der Waals surface area contributed by atoms with Gasteiger partial charge in [-0.25, -0.2) is 4.57 Å². The van der Waals surface area contributed by atoms with Crippen molar-refractivity contribution in [1.82, 2.24) is 4.98 Å². The van der Waals surface area contributed by atoms with Crippen molar-refractivity contribution in [3.63, 3.8) is 0 Å². The Morgan fingerprint density at radius 2 is 1.95 bits per heavy atom. The third-order valence-electron chi connectivity index (χ3n) is 3.33. The minimum atomic E-state index is 0. The largest absolute Gasteiger partial charge is 0.334 e. The SMILES string of the molecule is Cc1ccc(-c2[c-]cccn2)[c-]c1-c1cccc[n+]1C.[Y]. The third-order valence-corrected chi connectivity index (χ3v) is 3.33. The summed E-state index contributed by atoms with van der Waals surface area (Å²) in [6.45, 7) is 2.10. The van der Waals surface area contributed by atoms with Crippen LogP contribution >= 0.6 is 0 Å². The van der Waals surface area contributed by atoms with Gasteiger partial charge < -0.3 is 4.98 Å². The van der Waals surface area contributed by atoms with Gasteiger partial charge in [-0.2, -0.15) is 29.8 Å². The van der Waals surface area contributed by atoms with Gasteiger partial charge in [0.1, 0.15) is 12.7 Å². The molecular formula is C18H15N2Y-. The van der Waals surface area contributed by atoms with Crippen LogP contribution in [0.1, 0.15) is 5.56 Å². The van der Waals surface area contributed by atoms with Crippen LogP contribution in [0, 0.1) is 19.1 Å². The quantitative estimate of drug-likeness (QED) is 0.514. The molecule has 3 heteroatoms. The molecule has 2 nitrogen and oxygen atoms in total. The fraction of sp³-hybridized carbons (Fsp3) is 0.111. The second-order valence-electron chi connectivity index (χ2n) is 4.76. The maximum Gasteiger partial charge on any atom is 0.161 e. The Labute approximate surface area is 150 Å². The van der Waals surface area contributed by atoms with Gasteiger partial charge >= 0.3 is 0 Å². The van der Waals surface area contributed by atoms with Crippen molar-refractivity contribution in [3.8, 4) is 22.5 Å². The Kier molecular flexibility index (Phi) is 5.38. The molecule has 0 aliphatic carbocycles. The van der Waals surface area contributed by atoms with Crippen LogP contribution in [0.3, 0.4) is 0 Å². The van der Waals surface area contributed by atoms with Gasteiger partial charge in [0, 0.05) is 38.8 Å². The molecule has 21 heavy (non-hydrogen) atoms.